The predicted molar refractivity (Wildman–Crippen MR) is 77.4 cm³/mol. The maximum Gasteiger partial charge on any atom is 0.326 e. The Bertz CT molecular complexity index is 486. The smallest absolute Gasteiger partial charge is 0.326 e. The second kappa shape index (κ2) is 6.93. The van der Waals surface area contributed by atoms with Crippen LogP contribution in [-0.4, -0.2) is 35.1 Å². The molecule has 110 valence electrons. The highest BCUT2D eigenvalue weighted by atomic mass is 16.4. The molecule has 2 N–H and O–H groups in total. The lowest BCUT2D eigenvalue weighted by Crippen LogP contribution is -2.48. The van der Waals surface area contributed by atoms with E-state index in [2.05, 4.69) is 5.32 Å². The van der Waals surface area contributed by atoms with E-state index < -0.39 is 12.0 Å². The van der Waals surface area contributed by atoms with Crippen molar-refractivity contribution in [2.24, 2.45) is 5.92 Å². The summed E-state index contributed by atoms with van der Waals surface area (Å²) >= 11 is 0. The molecule has 0 aliphatic heterocycles. The fourth-order valence-electron chi connectivity index (χ4n) is 1.87. The molecular weight excluding hydrogens is 256 g/mol. The monoisotopic (exact) mass is 278 g/mol. The van der Waals surface area contributed by atoms with E-state index in [1.807, 2.05) is 31.2 Å². The average Bonchev–Trinajstić information content (AvgIpc) is 2.37. The predicted octanol–water partition coefficient (Wildman–Crippen LogP) is 2.25. The summed E-state index contributed by atoms with van der Waals surface area (Å²) in [6.45, 7) is 5.96. The van der Waals surface area contributed by atoms with Crippen LogP contribution in [0.3, 0.4) is 0 Å². The number of rotatable bonds is 5. The number of carbonyl (C=O) groups excluding carboxylic acids is 1. The van der Waals surface area contributed by atoms with Crippen LogP contribution in [0, 0.1) is 12.8 Å². The SMILES string of the molecule is Cc1ccccc1CN(C)C(=O)NC(C(=O)O)C(C)C. The molecule has 0 spiro atoms. The molecule has 1 rings (SSSR count). The zero-order chi connectivity index (χ0) is 15.3. The quantitative estimate of drug-likeness (QED) is 0.868. The Morgan fingerprint density at radius 2 is 1.90 bits per heavy atom. The standard InChI is InChI=1S/C15H22N2O3/c1-10(2)13(14(18)19)16-15(20)17(4)9-12-8-6-5-7-11(12)3/h5-8,10,13H,9H2,1-4H3,(H,16,20)(H,18,19). The molecule has 0 radical (unpaired) electrons. The van der Waals surface area contributed by atoms with E-state index in [1.54, 1.807) is 20.9 Å². The summed E-state index contributed by atoms with van der Waals surface area (Å²) in [5, 5.41) is 11.6. The van der Waals surface area contributed by atoms with Crippen LogP contribution in [0.25, 0.3) is 0 Å². The normalized spacial score (nSPS) is 12.1. The highest BCUT2D eigenvalue weighted by Crippen LogP contribution is 2.10. The number of hydrogen-bond acceptors (Lipinski definition) is 2. The Labute approximate surface area is 119 Å². The van der Waals surface area contributed by atoms with Gasteiger partial charge in [-0.15, -0.1) is 0 Å². The maximum absolute atomic E-state index is 12.0. The minimum atomic E-state index is -1.02. The molecule has 1 unspecified atom stereocenters. The van der Waals surface area contributed by atoms with Crippen molar-refractivity contribution in [2.75, 3.05) is 7.05 Å². The van der Waals surface area contributed by atoms with Gasteiger partial charge in [0.05, 0.1) is 0 Å². The van der Waals surface area contributed by atoms with Gasteiger partial charge in [0.1, 0.15) is 6.04 Å². The number of nitrogens with zero attached hydrogens (tertiary/aromatic N) is 1. The Morgan fingerprint density at radius 3 is 2.40 bits per heavy atom. The minimum absolute atomic E-state index is 0.164. The van der Waals surface area contributed by atoms with Crippen molar-refractivity contribution in [3.8, 4) is 0 Å². The Balaban J connectivity index is 2.68. The minimum Gasteiger partial charge on any atom is -0.480 e. The van der Waals surface area contributed by atoms with E-state index >= 15 is 0 Å². The fourth-order valence-corrected chi connectivity index (χ4v) is 1.87. The molecule has 0 saturated heterocycles. The topological polar surface area (TPSA) is 69.6 Å². The second-order valence-electron chi connectivity index (χ2n) is 5.29. The summed E-state index contributed by atoms with van der Waals surface area (Å²) in [6, 6.07) is 6.54. The van der Waals surface area contributed by atoms with Crippen molar-refractivity contribution in [1.82, 2.24) is 10.2 Å². The van der Waals surface area contributed by atoms with Crippen molar-refractivity contribution in [3.05, 3.63) is 35.4 Å². The summed E-state index contributed by atoms with van der Waals surface area (Å²) < 4.78 is 0. The number of benzene rings is 1. The third-order valence-electron chi connectivity index (χ3n) is 3.23. The van der Waals surface area contributed by atoms with Crippen LogP contribution < -0.4 is 5.32 Å². The molecular formula is C15H22N2O3. The van der Waals surface area contributed by atoms with Crippen LogP contribution in [0.1, 0.15) is 25.0 Å². The van der Waals surface area contributed by atoms with Gasteiger partial charge in [-0.25, -0.2) is 9.59 Å². The fraction of sp³-hybridized carbons (Fsp3) is 0.467. The number of nitrogens with one attached hydrogen (secondary N) is 1. The van der Waals surface area contributed by atoms with Gasteiger partial charge in [-0.2, -0.15) is 0 Å². The molecule has 0 bridgehead atoms. The van der Waals surface area contributed by atoms with E-state index in [-0.39, 0.29) is 11.9 Å². The molecule has 0 saturated carbocycles. The van der Waals surface area contributed by atoms with Crippen LogP contribution in [0.15, 0.2) is 24.3 Å². The number of carboxylic acid groups (broad SMARTS) is 1. The van der Waals surface area contributed by atoms with Crippen molar-refractivity contribution in [3.63, 3.8) is 0 Å². The third-order valence-corrected chi connectivity index (χ3v) is 3.23. The summed E-state index contributed by atoms with van der Waals surface area (Å²) in [5.74, 6) is -1.18. The van der Waals surface area contributed by atoms with Gasteiger partial charge in [0.15, 0.2) is 0 Å². The Kier molecular flexibility index (Phi) is 5.55. The lowest BCUT2D eigenvalue weighted by atomic mass is 10.1. The van der Waals surface area contributed by atoms with Crippen molar-refractivity contribution in [1.29, 1.82) is 0 Å². The lowest BCUT2D eigenvalue weighted by molar-refractivity contribution is -0.140. The zero-order valence-corrected chi connectivity index (χ0v) is 12.4. The van der Waals surface area contributed by atoms with Crippen LogP contribution in [0.5, 0.6) is 0 Å². The van der Waals surface area contributed by atoms with E-state index in [4.69, 9.17) is 5.11 Å². The van der Waals surface area contributed by atoms with Gasteiger partial charge in [0.2, 0.25) is 0 Å². The zero-order valence-electron chi connectivity index (χ0n) is 12.4. The molecule has 0 aliphatic carbocycles. The second-order valence-corrected chi connectivity index (χ2v) is 5.29. The highest BCUT2D eigenvalue weighted by Gasteiger charge is 2.24. The first-order valence-electron chi connectivity index (χ1n) is 6.62. The first-order valence-corrected chi connectivity index (χ1v) is 6.62. The van der Waals surface area contributed by atoms with Gasteiger partial charge < -0.3 is 15.3 Å². The number of hydrogen-bond donors (Lipinski definition) is 2. The highest BCUT2D eigenvalue weighted by molar-refractivity contribution is 5.82. The van der Waals surface area contributed by atoms with Crippen molar-refractivity contribution in [2.45, 2.75) is 33.4 Å². The summed E-state index contributed by atoms with van der Waals surface area (Å²) in [6.07, 6.45) is 0. The molecule has 0 aromatic heterocycles. The molecule has 1 aromatic rings. The van der Waals surface area contributed by atoms with Gasteiger partial charge in [0, 0.05) is 13.6 Å². The molecule has 1 aromatic carbocycles. The van der Waals surface area contributed by atoms with Gasteiger partial charge in [-0.3, -0.25) is 0 Å². The maximum atomic E-state index is 12.0. The summed E-state index contributed by atoms with van der Waals surface area (Å²) in [5.41, 5.74) is 2.15. The molecule has 5 nitrogen and oxygen atoms in total. The molecule has 20 heavy (non-hydrogen) atoms. The van der Waals surface area contributed by atoms with Crippen molar-refractivity contribution < 1.29 is 14.7 Å². The number of aliphatic carboxylic acids is 1. The first-order chi connectivity index (χ1) is 9.32. The Hall–Kier alpha value is -2.04. The van der Waals surface area contributed by atoms with E-state index in [1.165, 1.54) is 4.90 Å². The largest absolute Gasteiger partial charge is 0.480 e. The summed E-state index contributed by atoms with van der Waals surface area (Å²) in [4.78, 5) is 24.6. The number of carbonyl (C=O) groups is 2. The summed E-state index contributed by atoms with van der Waals surface area (Å²) in [7, 11) is 1.65. The lowest BCUT2D eigenvalue weighted by Gasteiger charge is -2.23. The number of aryl methyl sites for hydroxylation is 1. The van der Waals surface area contributed by atoms with Crippen LogP contribution >= 0.6 is 0 Å². The molecule has 0 aliphatic rings. The van der Waals surface area contributed by atoms with E-state index in [9.17, 15) is 9.59 Å². The molecule has 2 amide bonds. The van der Waals surface area contributed by atoms with Crippen molar-refractivity contribution >= 4 is 12.0 Å². The number of carboxylic acids is 1. The first kappa shape index (κ1) is 16.0. The van der Waals surface area contributed by atoms with Gasteiger partial charge in [0.25, 0.3) is 0 Å². The molecule has 0 heterocycles. The molecule has 0 fully saturated rings. The van der Waals surface area contributed by atoms with Gasteiger partial charge >= 0.3 is 12.0 Å². The van der Waals surface area contributed by atoms with Crippen LogP contribution in [0.4, 0.5) is 4.79 Å². The average molecular weight is 278 g/mol. The van der Waals surface area contributed by atoms with Crippen LogP contribution in [-0.2, 0) is 11.3 Å². The van der Waals surface area contributed by atoms with Gasteiger partial charge in [-0.1, -0.05) is 38.1 Å². The van der Waals surface area contributed by atoms with Gasteiger partial charge in [-0.05, 0) is 24.0 Å². The van der Waals surface area contributed by atoms with E-state index in [0.29, 0.717) is 6.54 Å². The molecule has 1 atom stereocenters. The number of amides is 2. The number of urea groups is 1. The third kappa shape index (κ3) is 4.26. The van der Waals surface area contributed by atoms with E-state index in [0.717, 1.165) is 11.1 Å². The van der Waals surface area contributed by atoms with Crippen LogP contribution in [0.2, 0.25) is 0 Å². The molecule has 5 heteroatoms. The Morgan fingerprint density at radius 1 is 1.30 bits per heavy atom.